The lowest BCUT2D eigenvalue weighted by molar-refractivity contribution is 0.281. The molecule has 0 atom stereocenters. The van der Waals surface area contributed by atoms with Crippen LogP contribution in [0, 0.1) is 12.7 Å². The van der Waals surface area contributed by atoms with Crippen molar-refractivity contribution >= 4 is 11.4 Å². The summed E-state index contributed by atoms with van der Waals surface area (Å²) >= 11 is 0. The summed E-state index contributed by atoms with van der Waals surface area (Å²) in [4.78, 5) is 1.80. The third-order valence-electron chi connectivity index (χ3n) is 2.94. The SMILES string of the molecule is Cc1cccc(N(C)c2ccc(CO)cc2F)c1. The van der Waals surface area contributed by atoms with E-state index in [9.17, 15) is 4.39 Å². The van der Waals surface area contributed by atoms with Gasteiger partial charge in [0.25, 0.3) is 0 Å². The van der Waals surface area contributed by atoms with Gasteiger partial charge in [-0.1, -0.05) is 18.2 Å². The predicted molar refractivity (Wildman–Crippen MR) is 71.6 cm³/mol. The first-order valence-corrected chi connectivity index (χ1v) is 5.81. The summed E-state index contributed by atoms with van der Waals surface area (Å²) in [5.74, 6) is -0.328. The van der Waals surface area contributed by atoms with Crippen molar-refractivity contribution in [2.24, 2.45) is 0 Å². The summed E-state index contributed by atoms with van der Waals surface area (Å²) in [6.45, 7) is 1.86. The van der Waals surface area contributed by atoms with Gasteiger partial charge in [0, 0.05) is 12.7 Å². The molecular weight excluding hydrogens is 229 g/mol. The summed E-state index contributed by atoms with van der Waals surface area (Å²) in [5.41, 5.74) is 3.14. The van der Waals surface area contributed by atoms with E-state index in [0.717, 1.165) is 11.3 Å². The quantitative estimate of drug-likeness (QED) is 0.896. The number of aliphatic hydroxyl groups excluding tert-OH is 1. The van der Waals surface area contributed by atoms with Gasteiger partial charge in [0.05, 0.1) is 12.3 Å². The van der Waals surface area contributed by atoms with Gasteiger partial charge in [0.2, 0.25) is 0 Å². The molecule has 0 heterocycles. The zero-order chi connectivity index (χ0) is 13.1. The number of aliphatic hydroxyl groups is 1. The van der Waals surface area contributed by atoms with Gasteiger partial charge in [-0.25, -0.2) is 4.39 Å². The highest BCUT2D eigenvalue weighted by atomic mass is 19.1. The van der Waals surface area contributed by atoms with Crippen LogP contribution in [0.1, 0.15) is 11.1 Å². The van der Waals surface area contributed by atoms with Crippen LogP contribution in [0.15, 0.2) is 42.5 Å². The second kappa shape index (κ2) is 5.19. The molecule has 2 aromatic carbocycles. The average Bonchev–Trinajstić information content (AvgIpc) is 2.37. The molecule has 0 saturated carbocycles. The van der Waals surface area contributed by atoms with Crippen molar-refractivity contribution in [1.29, 1.82) is 0 Å². The molecule has 2 rings (SSSR count). The Balaban J connectivity index is 2.37. The number of aryl methyl sites for hydroxylation is 1. The third-order valence-corrected chi connectivity index (χ3v) is 2.94. The first-order chi connectivity index (χ1) is 8.61. The van der Waals surface area contributed by atoms with E-state index >= 15 is 0 Å². The predicted octanol–water partition coefficient (Wildman–Crippen LogP) is 3.39. The molecule has 3 heteroatoms. The van der Waals surface area contributed by atoms with Gasteiger partial charge in [-0.2, -0.15) is 0 Å². The van der Waals surface area contributed by atoms with Gasteiger partial charge in [-0.3, -0.25) is 0 Å². The van der Waals surface area contributed by atoms with E-state index < -0.39 is 0 Å². The van der Waals surface area contributed by atoms with Crippen LogP contribution in [0.2, 0.25) is 0 Å². The smallest absolute Gasteiger partial charge is 0.147 e. The fourth-order valence-corrected chi connectivity index (χ4v) is 1.90. The summed E-state index contributed by atoms with van der Waals surface area (Å²) in [6.07, 6.45) is 0. The lowest BCUT2D eigenvalue weighted by Gasteiger charge is -2.20. The monoisotopic (exact) mass is 245 g/mol. The number of hydrogen-bond donors (Lipinski definition) is 1. The standard InChI is InChI=1S/C15H16FNO/c1-11-4-3-5-13(8-11)17(2)15-7-6-12(10-18)9-14(15)16/h3-9,18H,10H2,1-2H3. The van der Waals surface area contributed by atoms with Gasteiger partial charge < -0.3 is 10.0 Å². The molecule has 0 radical (unpaired) electrons. The van der Waals surface area contributed by atoms with Crippen molar-refractivity contribution in [3.05, 3.63) is 59.4 Å². The normalized spacial score (nSPS) is 10.4. The Labute approximate surface area is 106 Å². The molecule has 0 fully saturated rings. The van der Waals surface area contributed by atoms with Crippen molar-refractivity contribution in [2.45, 2.75) is 13.5 Å². The molecule has 0 bridgehead atoms. The molecule has 2 aromatic rings. The minimum absolute atomic E-state index is 0.147. The van der Waals surface area contributed by atoms with Crippen LogP contribution in [0.3, 0.4) is 0 Å². The Bertz CT molecular complexity index is 554. The van der Waals surface area contributed by atoms with E-state index in [1.54, 1.807) is 17.0 Å². The minimum Gasteiger partial charge on any atom is -0.392 e. The number of benzene rings is 2. The zero-order valence-corrected chi connectivity index (χ0v) is 10.5. The molecule has 0 aliphatic rings. The highest BCUT2D eigenvalue weighted by molar-refractivity contribution is 5.63. The summed E-state index contributed by atoms with van der Waals surface area (Å²) < 4.78 is 13.9. The van der Waals surface area contributed by atoms with Gasteiger partial charge in [0.15, 0.2) is 0 Å². The van der Waals surface area contributed by atoms with Crippen LogP contribution >= 0.6 is 0 Å². The van der Waals surface area contributed by atoms with Crippen LogP contribution in [0.5, 0.6) is 0 Å². The van der Waals surface area contributed by atoms with E-state index in [1.807, 2.05) is 38.2 Å². The fourth-order valence-electron chi connectivity index (χ4n) is 1.90. The van der Waals surface area contributed by atoms with Crippen LogP contribution in [0.4, 0.5) is 15.8 Å². The van der Waals surface area contributed by atoms with Crippen LogP contribution < -0.4 is 4.90 Å². The topological polar surface area (TPSA) is 23.5 Å². The molecule has 0 aromatic heterocycles. The molecule has 2 nitrogen and oxygen atoms in total. The maximum atomic E-state index is 13.9. The first kappa shape index (κ1) is 12.6. The van der Waals surface area contributed by atoms with E-state index in [1.165, 1.54) is 6.07 Å². The molecule has 0 aliphatic heterocycles. The van der Waals surface area contributed by atoms with Crippen molar-refractivity contribution < 1.29 is 9.50 Å². The van der Waals surface area contributed by atoms with E-state index in [0.29, 0.717) is 11.3 Å². The lowest BCUT2D eigenvalue weighted by Crippen LogP contribution is -2.11. The second-order valence-electron chi connectivity index (χ2n) is 4.34. The lowest BCUT2D eigenvalue weighted by atomic mass is 10.1. The molecule has 0 aliphatic carbocycles. The van der Waals surface area contributed by atoms with Crippen LogP contribution in [-0.4, -0.2) is 12.2 Å². The second-order valence-corrected chi connectivity index (χ2v) is 4.34. The summed E-state index contributed by atoms with van der Waals surface area (Å²) in [6, 6.07) is 12.7. The number of nitrogens with zero attached hydrogens (tertiary/aromatic N) is 1. The van der Waals surface area contributed by atoms with Crippen molar-refractivity contribution in [3.63, 3.8) is 0 Å². The molecule has 94 valence electrons. The van der Waals surface area contributed by atoms with Gasteiger partial charge in [-0.15, -0.1) is 0 Å². The molecule has 18 heavy (non-hydrogen) atoms. The maximum Gasteiger partial charge on any atom is 0.147 e. The molecule has 1 N–H and O–H groups in total. The molecule has 0 unspecified atom stereocenters. The number of anilines is 2. The number of rotatable bonds is 3. The van der Waals surface area contributed by atoms with Crippen molar-refractivity contribution in [1.82, 2.24) is 0 Å². The Morgan fingerprint density at radius 3 is 2.56 bits per heavy atom. The first-order valence-electron chi connectivity index (χ1n) is 5.81. The van der Waals surface area contributed by atoms with Gasteiger partial charge in [-0.05, 0) is 42.3 Å². The number of hydrogen-bond acceptors (Lipinski definition) is 2. The largest absolute Gasteiger partial charge is 0.392 e. The minimum atomic E-state index is -0.328. The Hall–Kier alpha value is -1.87. The van der Waals surface area contributed by atoms with E-state index in [4.69, 9.17) is 5.11 Å². The Kier molecular flexibility index (Phi) is 3.63. The number of halogens is 1. The van der Waals surface area contributed by atoms with E-state index in [-0.39, 0.29) is 12.4 Å². The average molecular weight is 245 g/mol. The molecule has 0 spiro atoms. The van der Waals surface area contributed by atoms with Crippen molar-refractivity contribution in [2.75, 3.05) is 11.9 Å². The van der Waals surface area contributed by atoms with Gasteiger partial charge >= 0.3 is 0 Å². The molecular formula is C15H16FNO. The highest BCUT2D eigenvalue weighted by Gasteiger charge is 2.10. The fraction of sp³-hybridized carbons (Fsp3) is 0.200. The Morgan fingerprint density at radius 1 is 1.17 bits per heavy atom. The van der Waals surface area contributed by atoms with Crippen LogP contribution in [-0.2, 0) is 6.61 Å². The third kappa shape index (κ3) is 2.51. The van der Waals surface area contributed by atoms with Crippen molar-refractivity contribution in [3.8, 4) is 0 Å². The summed E-state index contributed by atoms with van der Waals surface area (Å²) in [7, 11) is 1.83. The molecule has 0 saturated heterocycles. The molecule has 0 amide bonds. The zero-order valence-electron chi connectivity index (χ0n) is 10.5. The Morgan fingerprint density at radius 2 is 1.94 bits per heavy atom. The van der Waals surface area contributed by atoms with E-state index in [2.05, 4.69) is 0 Å². The summed E-state index contributed by atoms with van der Waals surface area (Å²) in [5, 5.41) is 8.96. The maximum absolute atomic E-state index is 13.9. The van der Waals surface area contributed by atoms with Gasteiger partial charge in [0.1, 0.15) is 5.82 Å². The highest BCUT2D eigenvalue weighted by Crippen LogP contribution is 2.27. The van der Waals surface area contributed by atoms with Crippen LogP contribution in [0.25, 0.3) is 0 Å².